The van der Waals surface area contributed by atoms with Gasteiger partial charge in [0, 0.05) is 94.3 Å². The number of hydrogen-bond acceptors (Lipinski definition) is 10. The number of hydrogen-bond donors (Lipinski definition) is 0. The van der Waals surface area contributed by atoms with Crippen molar-refractivity contribution < 1.29 is 8.83 Å². The van der Waals surface area contributed by atoms with Crippen LogP contribution in [0, 0.1) is 0 Å². The van der Waals surface area contributed by atoms with Crippen molar-refractivity contribution >= 4 is 44.3 Å². The third-order valence-corrected chi connectivity index (χ3v) is 12.4. The van der Waals surface area contributed by atoms with Gasteiger partial charge in [-0.15, -0.1) is 0 Å². The predicted octanol–water partition coefficient (Wildman–Crippen LogP) is 13.9. The molecule has 0 amide bonds. The minimum atomic E-state index is 0.536. The van der Waals surface area contributed by atoms with Crippen LogP contribution >= 0.6 is 0 Å². The Hall–Kier alpha value is -10.2. The van der Waals surface area contributed by atoms with Gasteiger partial charge in [-0.1, -0.05) is 84.9 Å². The average Bonchev–Trinajstić information content (AvgIpc) is 4.27. The molecule has 340 valence electrons. The Morgan fingerprint density at radius 2 is 0.597 bits per heavy atom. The fourth-order valence-corrected chi connectivity index (χ4v) is 8.98. The molecule has 0 atom stereocenters. The molecular formula is C60H38N10O2. The van der Waals surface area contributed by atoms with E-state index in [1.165, 1.54) is 0 Å². The first-order valence-corrected chi connectivity index (χ1v) is 23.3. The van der Waals surface area contributed by atoms with Crippen molar-refractivity contribution in [2.45, 2.75) is 0 Å². The quantitative estimate of drug-likeness (QED) is 0.145. The van der Waals surface area contributed by atoms with Crippen LogP contribution in [0.2, 0.25) is 0 Å². The van der Waals surface area contributed by atoms with Crippen molar-refractivity contribution in [2.24, 2.45) is 0 Å². The van der Waals surface area contributed by atoms with E-state index in [4.69, 9.17) is 18.8 Å². The molecule has 0 saturated carbocycles. The Kier molecular flexibility index (Phi) is 10.5. The summed E-state index contributed by atoms with van der Waals surface area (Å²) in [5.74, 6) is 2.75. The number of pyridine rings is 4. The van der Waals surface area contributed by atoms with Gasteiger partial charge in [-0.05, 0) is 97.1 Å². The molecule has 0 N–H and O–H groups in total. The van der Waals surface area contributed by atoms with Crippen molar-refractivity contribution in [1.82, 2.24) is 49.0 Å². The largest absolute Gasteiger partial charge is 0.436 e. The maximum atomic E-state index is 5.88. The molecule has 0 aliphatic heterocycles. The van der Waals surface area contributed by atoms with Gasteiger partial charge in [-0.3, -0.25) is 29.1 Å². The number of imidazole rings is 2. The molecule has 0 aliphatic carbocycles. The maximum Gasteiger partial charge on any atom is 0.228 e. The summed E-state index contributed by atoms with van der Waals surface area (Å²) >= 11 is 0. The Morgan fingerprint density at radius 3 is 1.00 bits per heavy atom. The first-order chi connectivity index (χ1) is 35.7. The molecule has 8 heterocycles. The number of aromatic nitrogens is 10. The summed E-state index contributed by atoms with van der Waals surface area (Å²) in [7, 11) is 0. The van der Waals surface area contributed by atoms with E-state index in [0.29, 0.717) is 11.8 Å². The van der Waals surface area contributed by atoms with E-state index >= 15 is 0 Å². The van der Waals surface area contributed by atoms with Crippen molar-refractivity contribution in [1.29, 1.82) is 0 Å². The number of rotatable bonds is 8. The molecule has 12 nitrogen and oxygen atoms in total. The molecular weight excluding hydrogens is 893 g/mol. The second-order valence-electron chi connectivity index (χ2n) is 17.0. The van der Waals surface area contributed by atoms with Crippen LogP contribution in [0.4, 0.5) is 0 Å². The summed E-state index contributed by atoms with van der Waals surface area (Å²) in [5, 5.41) is 0. The first-order valence-electron chi connectivity index (χ1n) is 23.3. The summed E-state index contributed by atoms with van der Waals surface area (Å²) in [6.07, 6.45) is 14.6. The molecule has 0 spiro atoms. The highest BCUT2D eigenvalue weighted by molar-refractivity contribution is 5.86. The van der Waals surface area contributed by atoms with E-state index in [0.717, 1.165) is 112 Å². The molecule has 6 aromatic carbocycles. The molecule has 0 radical (unpaired) electrons. The fraction of sp³-hybridized carbons (Fsp3) is 0. The van der Waals surface area contributed by atoms with Crippen LogP contribution in [0.3, 0.4) is 0 Å². The Morgan fingerprint density at radius 1 is 0.278 bits per heavy atom. The minimum Gasteiger partial charge on any atom is -0.436 e. The van der Waals surface area contributed by atoms with Gasteiger partial charge in [0.05, 0.1) is 33.2 Å². The third kappa shape index (κ3) is 7.90. The normalized spacial score (nSPS) is 11.3. The summed E-state index contributed by atoms with van der Waals surface area (Å²) < 4.78 is 16.1. The number of nitrogens with zero attached hydrogens (tertiary/aromatic N) is 10. The van der Waals surface area contributed by atoms with Crippen LogP contribution in [0.1, 0.15) is 0 Å². The van der Waals surface area contributed by atoms with Gasteiger partial charge < -0.3 is 8.83 Å². The lowest BCUT2D eigenvalue weighted by Crippen LogP contribution is -1.99. The lowest BCUT2D eigenvalue weighted by atomic mass is 10.1. The molecule has 14 aromatic rings. The van der Waals surface area contributed by atoms with Crippen molar-refractivity contribution in [3.8, 4) is 79.3 Å². The molecule has 0 fully saturated rings. The van der Waals surface area contributed by atoms with Gasteiger partial charge >= 0.3 is 0 Å². The number of para-hydroxylation sites is 10. The zero-order chi connectivity index (χ0) is 47.8. The Balaban J connectivity index is 0.000000148. The molecule has 0 bridgehead atoms. The summed E-state index contributed by atoms with van der Waals surface area (Å²) in [6, 6.07) is 60.6. The second kappa shape index (κ2) is 18.0. The van der Waals surface area contributed by atoms with E-state index in [-0.39, 0.29) is 0 Å². The zero-order valence-corrected chi connectivity index (χ0v) is 38.2. The van der Waals surface area contributed by atoms with Gasteiger partial charge in [-0.2, -0.15) is 0 Å². The monoisotopic (exact) mass is 930 g/mol. The highest BCUT2D eigenvalue weighted by Gasteiger charge is 2.19. The van der Waals surface area contributed by atoms with E-state index in [1.54, 1.807) is 24.8 Å². The lowest BCUT2D eigenvalue weighted by molar-refractivity contribution is 0.619. The molecule has 72 heavy (non-hydrogen) atoms. The Labute approximate surface area is 411 Å². The molecule has 0 unspecified atom stereocenters. The van der Waals surface area contributed by atoms with Gasteiger partial charge in [0.1, 0.15) is 22.7 Å². The Bertz CT molecular complexity index is 3910. The van der Waals surface area contributed by atoms with Crippen LogP contribution in [0.15, 0.2) is 240 Å². The van der Waals surface area contributed by atoms with Crippen LogP contribution in [0.5, 0.6) is 0 Å². The van der Waals surface area contributed by atoms with Gasteiger partial charge in [0.25, 0.3) is 0 Å². The van der Waals surface area contributed by atoms with Crippen molar-refractivity contribution in [2.75, 3.05) is 0 Å². The zero-order valence-electron chi connectivity index (χ0n) is 38.2. The highest BCUT2D eigenvalue weighted by Crippen LogP contribution is 2.35. The molecule has 0 aliphatic rings. The van der Waals surface area contributed by atoms with Crippen LogP contribution in [-0.2, 0) is 0 Å². The predicted molar refractivity (Wildman–Crippen MR) is 281 cm³/mol. The lowest BCUT2D eigenvalue weighted by Gasteiger charge is -2.11. The van der Waals surface area contributed by atoms with Crippen molar-refractivity contribution in [3.63, 3.8) is 0 Å². The molecule has 0 saturated heterocycles. The highest BCUT2D eigenvalue weighted by atomic mass is 16.4. The van der Waals surface area contributed by atoms with Crippen LogP contribution in [0.25, 0.3) is 124 Å². The number of oxazole rings is 2. The van der Waals surface area contributed by atoms with Gasteiger partial charge in [0.15, 0.2) is 11.2 Å². The average molecular weight is 931 g/mol. The smallest absolute Gasteiger partial charge is 0.228 e. The van der Waals surface area contributed by atoms with Crippen LogP contribution < -0.4 is 0 Å². The van der Waals surface area contributed by atoms with Gasteiger partial charge in [0.2, 0.25) is 11.8 Å². The number of fused-ring (bicyclic) bond motifs is 4. The molecule has 8 aromatic heterocycles. The summed E-state index contributed by atoms with van der Waals surface area (Å²) in [4.78, 5) is 37.2. The standard InChI is InChI=1S/C36H24N6.C24H14N4O2/c1-3-11-29(12-4-1)41-33-17-9-7-15-31(33)39-35(41)27-19-25(21-37-23-27)26-20-28(24-38-22-26)36-40-32-16-8-10-18-34(32)42(36)30-13-5-2-6-14-30;1-3-7-21-19(5-1)27-23(29-21)17-9-15(11-25-13-17)16-10-18(14-26-12-16)24-28-20-6-2-4-8-22(20)30-24/h1-24H;1-14H. The summed E-state index contributed by atoms with van der Waals surface area (Å²) in [5.41, 5.74) is 16.4. The first kappa shape index (κ1) is 41.9. The SMILES string of the molecule is c1ccc(-n2c(-c3cncc(-c4cncc(-c5nc6ccccc6n5-c5ccccc5)c4)c3)nc3ccccc32)cc1.c1ccc2oc(-c3cncc(-c4cncc(-c5nc6ccccc6o5)c4)c3)nc2c1. The summed E-state index contributed by atoms with van der Waals surface area (Å²) in [6.45, 7) is 0. The molecule has 12 heteroatoms. The van der Waals surface area contributed by atoms with E-state index < -0.39 is 0 Å². The van der Waals surface area contributed by atoms with Crippen LogP contribution in [-0.4, -0.2) is 49.0 Å². The van der Waals surface area contributed by atoms with Gasteiger partial charge in [-0.25, -0.2) is 19.9 Å². The topological polar surface area (TPSA) is 139 Å². The van der Waals surface area contributed by atoms with E-state index in [2.05, 4.69) is 87.6 Å². The fourth-order valence-electron chi connectivity index (χ4n) is 8.98. The molecule has 14 rings (SSSR count). The second-order valence-corrected chi connectivity index (χ2v) is 17.0. The number of benzene rings is 6. The van der Waals surface area contributed by atoms with Crippen molar-refractivity contribution in [3.05, 3.63) is 232 Å². The maximum absolute atomic E-state index is 5.88. The van der Waals surface area contributed by atoms with E-state index in [1.807, 2.05) is 158 Å². The van der Waals surface area contributed by atoms with E-state index in [9.17, 15) is 0 Å². The minimum absolute atomic E-state index is 0.536. The third-order valence-electron chi connectivity index (χ3n) is 12.4.